The summed E-state index contributed by atoms with van der Waals surface area (Å²) < 4.78 is 49.6. The lowest BCUT2D eigenvalue weighted by molar-refractivity contribution is -0.383. The molecule has 20 heavy (non-hydrogen) atoms. The van der Waals surface area contributed by atoms with E-state index in [0.29, 0.717) is 6.54 Å². The number of nitrogens with one attached hydrogen (secondary N) is 2. The van der Waals surface area contributed by atoms with Crippen LogP contribution in [-0.4, -0.2) is 40.3 Å². The predicted octanol–water partition coefficient (Wildman–Crippen LogP) is 2.13. The summed E-state index contributed by atoms with van der Waals surface area (Å²) in [5.41, 5.74) is -0.681. The average Bonchev–Trinajstić information content (AvgIpc) is 2.36. The normalized spacial score (nSPS) is 11.5. The van der Waals surface area contributed by atoms with Crippen LogP contribution in [0.25, 0.3) is 0 Å². The SMILES string of the molecule is CCNc1ncnc(NCC(F)(F)C(F)F)c1[N+](=O)[O-]. The Bertz CT molecular complexity index is 485. The average molecular weight is 297 g/mol. The number of rotatable bonds is 7. The van der Waals surface area contributed by atoms with Gasteiger partial charge < -0.3 is 10.6 Å². The number of nitrogens with zero attached hydrogens (tertiary/aromatic N) is 3. The van der Waals surface area contributed by atoms with E-state index in [-0.39, 0.29) is 5.82 Å². The van der Waals surface area contributed by atoms with E-state index in [1.807, 2.05) is 5.32 Å². The molecule has 2 N–H and O–H groups in total. The van der Waals surface area contributed by atoms with Gasteiger partial charge in [0.25, 0.3) is 0 Å². The molecule has 1 aromatic heterocycles. The third-order valence-electron chi connectivity index (χ3n) is 2.16. The Morgan fingerprint density at radius 3 is 2.35 bits per heavy atom. The van der Waals surface area contributed by atoms with Crippen molar-refractivity contribution in [3.05, 3.63) is 16.4 Å². The maximum absolute atomic E-state index is 12.8. The van der Waals surface area contributed by atoms with Crippen LogP contribution in [0.15, 0.2) is 6.33 Å². The zero-order valence-electron chi connectivity index (χ0n) is 10.2. The van der Waals surface area contributed by atoms with E-state index in [4.69, 9.17) is 0 Å². The molecule has 1 aromatic rings. The number of halogens is 4. The van der Waals surface area contributed by atoms with Gasteiger partial charge in [-0.1, -0.05) is 0 Å². The fourth-order valence-electron chi connectivity index (χ4n) is 1.26. The van der Waals surface area contributed by atoms with Gasteiger partial charge in [-0.05, 0) is 6.92 Å². The molecule has 0 aliphatic rings. The van der Waals surface area contributed by atoms with Crippen molar-refractivity contribution in [1.29, 1.82) is 0 Å². The smallest absolute Gasteiger partial charge is 0.353 e. The Kier molecular flexibility index (Phi) is 5.00. The molecule has 0 amide bonds. The molecule has 0 fully saturated rings. The Hall–Kier alpha value is -2.20. The Labute approximate surface area is 110 Å². The number of alkyl halides is 4. The Balaban J connectivity index is 3.00. The summed E-state index contributed by atoms with van der Waals surface area (Å²) in [6.07, 6.45) is -2.99. The van der Waals surface area contributed by atoms with E-state index >= 15 is 0 Å². The second-order valence-electron chi connectivity index (χ2n) is 3.62. The van der Waals surface area contributed by atoms with Crippen molar-refractivity contribution in [2.75, 3.05) is 23.7 Å². The minimum absolute atomic E-state index is 0.185. The zero-order valence-corrected chi connectivity index (χ0v) is 10.2. The topological polar surface area (TPSA) is 93.0 Å². The molecule has 1 heterocycles. The maximum atomic E-state index is 12.8. The zero-order chi connectivity index (χ0) is 15.3. The van der Waals surface area contributed by atoms with E-state index < -0.39 is 35.3 Å². The fraction of sp³-hybridized carbons (Fsp3) is 0.556. The van der Waals surface area contributed by atoms with Gasteiger partial charge >= 0.3 is 18.0 Å². The van der Waals surface area contributed by atoms with Gasteiger partial charge in [-0.15, -0.1) is 0 Å². The molecule has 11 heteroatoms. The highest BCUT2D eigenvalue weighted by Gasteiger charge is 2.41. The van der Waals surface area contributed by atoms with Gasteiger partial charge in [0, 0.05) is 6.54 Å². The van der Waals surface area contributed by atoms with Crippen LogP contribution in [0, 0.1) is 10.1 Å². The van der Waals surface area contributed by atoms with Crippen LogP contribution in [0.4, 0.5) is 34.9 Å². The molecule has 0 saturated heterocycles. The fourth-order valence-corrected chi connectivity index (χ4v) is 1.26. The minimum Gasteiger partial charge on any atom is -0.364 e. The molecule has 112 valence electrons. The molecule has 0 saturated carbocycles. The first-order valence-corrected chi connectivity index (χ1v) is 5.42. The largest absolute Gasteiger partial charge is 0.364 e. The van der Waals surface area contributed by atoms with Crippen LogP contribution in [-0.2, 0) is 0 Å². The molecule has 0 atom stereocenters. The Morgan fingerprint density at radius 2 is 1.90 bits per heavy atom. The van der Waals surface area contributed by atoms with Crippen molar-refractivity contribution >= 4 is 17.3 Å². The lowest BCUT2D eigenvalue weighted by Gasteiger charge is -2.16. The number of aromatic nitrogens is 2. The summed E-state index contributed by atoms with van der Waals surface area (Å²) in [6, 6.07) is 0. The molecule has 0 aliphatic carbocycles. The number of nitro groups is 1. The van der Waals surface area contributed by atoms with E-state index in [9.17, 15) is 27.7 Å². The summed E-state index contributed by atoms with van der Waals surface area (Å²) in [6.45, 7) is 0.461. The predicted molar refractivity (Wildman–Crippen MR) is 62.3 cm³/mol. The van der Waals surface area contributed by atoms with Crippen LogP contribution in [0.5, 0.6) is 0 Å². The maximum Gasteiger partial charge on any atom is 0.353 e. The quantitative estimate of drug-likeness (QED) is 0.455. The van der Waals surface area contributed by atoms with Crippen molar-refractivity contribution < 1.29 is 22.5 Å². The van der Waals surface area contributed by atoms with Gasteiger partial charge in [0.15, 0.2) is 0 Å². The van der Waals surface area contributed by atoms with Gasteiger partial charge in [0.1, 0.15) is 6.33 Å². The molecule has 1 rings (SSSR count). The summed E-state index contributed by atoms with van der Waals surface area (Å²) in [7, 11) is 0. The van der Waals surface area contributed by atoms with Crippen molar-refractivity contribution in [3.8, 4) is 0 Å². The monoisotopic (exact) mass is 297 g/mol. The first kappa shape index (κ1) is 15.9. The van der Waals surface area contributed by atoms with Gasteiger partial charge in [-0.3, -0.25) is 10.1 Å². The first-order valence-electron chi connectivity index (χ1n) is 5.42. The number of hydrogen-bond donors (Lipinski definition) is 2. The highest BCUT2D eigenvalue weighted by molar-refractivity contribution is 5.69. The van der Waals surface area contributed by atoms with Gasteiger partial charge in [-0.25, -0.2) is 18.7 Å². The van der Waals surface area contributed by atoms with Crippen molar-refractivity contribution in [2.24, 2.45) is 0 Å². The standard InChI is InChI=1S/C9H11F4N5O2/c1-2-14-6-5(18(19)20)7(17-4-16-6)15-3-9(12,13)8(10)11/h4,8H,2-3H2,1H3,(H2,14,15,16,17). The van der Waals surface area contributed by atoms with E-state index in [1.165, 1.54) is 0 Å². The molecule has 0 spiro atoms. The van der Waals surface area contributed by atoms with Crippen molar-refractivity contribution in [3.63, 3.8) is 0 Å². The second-order valence-corrected chi connectivity index (χ2v) is 3.62. The highest BCUT2D eigenvalue weighted by atomic mass is 19.3. The first-order chi connectivity index (χ1) is 9.29. The summed E-state index contributed by atoms with van der Waals surface area (Å²) in [5.74, 6) is -5.06. The number of anilines is 2. The van der Waals surface area contributed by atoms with Crippen LogP contribution in [0.3, 0.4) is 0 Å². The summed E-state index contributed by atoms with van der Waals surface area (Å²) in [5, 5.41) is 15.3. The molecular weight excluding hydrogens is 286 g/mol. The molecule has 0 bridgehead atoms. The van der Waals surface area contributed by atoms with Crippen LogP contribution >= 0.6 is 0 Å². The third-order valence-corrected chi connectivity index (χ3v) is 2.16. The van der Waals surface area contributed by atoms with Gasteiger partial charge in [0.05, 0.1) is 11.5 Å². The van der Waals surface area contributed by atoms with Crippen molar-refractivity contribution in [1.82, 2.24) is 9.97 Å². The van der Waals surface area contributed by atoms with E-state index in [1.54, 1.807) is 6.92 Å². The summed E-state index contributed by atoms with van der Waals surface area (Å²) in [4.78, 5) is 17.0. The molecule has 0 aliphatic heterocycles. The molecular formula is C9H11F4N5O2. The third kappa shape index (κ3) is 3.65. The van der Waals surface area contributed by atoms with Crippen LogP contribution < -0.4 is 10.6 Å². The summed E-state index contributed by atoms with van der Waals surface area (Å²) >= 11 is 0. The van der Waals surface area contributed by atoms with Crippen LogP contribution in [0.2, 0.25) is 0 Å². The molecule has 0 radical (unpaired) electrons. The Morgan fingerprint density at radius 1 is 1.35 bits per heavy atom. The van der Waals surface area contributed by atoms with E-state index in [0.717, 1.165) is 6.33 Å². The van der Waals surface area contributed by atoms with Gasteiger partial charge in [-0.2, -0.15) is 8.78 Å². The van der Waals surface area contributed by atoms with Gasteiger partial charge in [0.2, 0.25) is 11.6 Å². The van der Waals surface area contributed by atoms with E-state index in [2.05, 4.69) is 15.3 Å². The lowest BCUT2D eigenvalue weighted by Crippen LogP contribution is -2.35. The molecule has 0 aromatic carbocycles. The van der Waals surface area contributed by atoms with Crippen LogP contribution in [0.1, 0.15) is 6.92 Å². The lowest BCUT2D eigenvalue weighted by atomic mass is 10.3. The second kappa shape index (κ2) is 6.30. The molecule has 0 unspecified atom stereocenters. The molecule has 7 nitrogen and oxygen atoms in total. The number of hydrogen-bond acceptors (Lipinski definition) is 6. The highest BCUT2D eigenvalue weighted by Crippen LogP contribution is 2.30. The minimum atomic E-state index is -4.32. The van der Waals surface area contributed by atoms with Crippen molar-refractivity contribution in [2.45, 2.75) is 19.3 Å².